The zero-order valence-electron chi connectivity index (χ0n) is 9.29. The summed E-state index contributed by atoms with van der Waals surface area (Å²) in [7, 11) is 0. The minimum atomic E-state index is 0.447. The molecule has 3 heterocycles. The fourth-order valence-corrected chi connectivity index (χ4v) is 3.19. The number of piperidine rings is 1. The predicted molar refractivity (Wildman–Crippen MR) is 72.7 cm³/mol. The molecule has 0 aromatic carbocycles. The first-order valence-corrected chi connectivity index (χ1v) is 6.97. The molecule has 0 amide bonds. The topological polar surface area (TPSA) is 29.3 Å². The number of hydrogen-bond acceptors (Lipinski definition) is 2. The SMILES string of the molecule is Clc1nc(C2CCCNC2)n2c(Br)cccc12. The summed E-state index contributed by atoms with van der Waals surface area (Å²) >= 11 is 9.77. The summed E-state index contributed by atoms with van der Waals surface area (Å²) in [6.45, 7) is 2.09. The Morgan fingerprint density at radius 2 is 2.35 bits per heavy atom. The van der Waals surface area contributed by atoms with Gasteiger partial charge in [-0.3, -0.25) is 4.40 Å². The van der Waals surface area contributed by atoms with Crippen LogP contribution < -0.4 is 5.32 Å². The lowest BCUT2D eigenvalue weighted by atomic mass is 9.99. The Kier molecular flexibility index (Phi) is 3.11. The average Bonchev–Trinajstić information content (AvgIpc) is 2.70. The van der Waals surface area contributed by atoms with Crippen LogP contribution in [0.4, 0.5) is 0 Å². The molecule has 0 bridgehead atoms. The summed E-state index contributed by atoms with van der Waals surface area (Å²) in [5, 5.41) is 4.00. The van der Waals surface area contributed by atoms with Crippen LogP contribution in [-0.2, 0) is 0 Å². The van der Waals surface area contributed by atoms with E-state index in [1.54, 1.807) is 0 Å². The smallest absolute Gasteiger partial charge is 0.155 e. The molecule has 3 rings (SSSR count). The Bertz CT molecular complexity index is 546. The van der Waals surface area contributed by atoms with E-state index in [1.807, 2.05) is 18.2 Å². The van der Waals surface area contributed by atoms with Gasteiger partial charge in [-0.15, -0.1) is 0 Å². The van der Waals surface area contributed by atoms with Crippen LogP contribution in [0.3, 0.4) is 0 Å². The Morgan fingerprint density at radius 1 is 1.47 bits per heavy atom. The van der Waals surface area contributed by atoms with E-state index < -0.39 is 0 Å². The third kappa shape index (κ3) is 1.98. The molecule has 0 aliphatic carbocycles. The predicted octanol–water partition coefficient (Wildman–Crippen LogP) is 3.22. The fraction of sp³-hybridized carbons (Fsp3) is 0.417. The highest BCUT2D eigenvalue weighted by Crippen LogP contribution is 2.29. The van der Waals surface area contributed by atoms with Crippen molar-refractivity contribution in [3.8, 4) is 0 Å². The molecule has 1 fully saturated rings. The Morgan fingerprint density at radius 3 is 3.12 bits per heavy atom. The largest absolute Gasteiger partial charge is 0.316 e. The second kappa shape index (κ2) is 4.59. The van der Waals surface area contributed by atoms with Gasteiger partial charge in [0.25, 0.3) is 0 Å². The van der Waals surface area contributed by atoms with Crippen molar-refractivity contribution in [3.63, 3.8) is 0 Å². The van der Waals surface area contributed by atoms with E-state index >= 15 is 0 Å². The fourth-order valence-electron chi connectivity index (χ4n) is 2.43. The maximum absolute atomic E-state index is 6.20. The average molecular weight is 315 g/mol. The summed E-state index contributed by atoms with van der Waals surface area (Å²) in [5.74, 6) is 1.51. The molecular formula is C12H13BrClN3. The van der Waals surface area contributed by atoms with Gasteiger partial charge in [0.05, 0.1) is 10.1 Å². The number of aromatic nitrogens is 2. The molecule has 5 heteroatoms. The number of nitrogens with one attached hydrogen (secondary N) is 1. The van der Waals surface area contributed by atoms with Crippen molar-refractivity contribution in [2.45, 2.75) is 18.8 Å². The van der Waals surface area contributed by atoms with Crippen molar-refractivity contribution < 1.29 is 0 Å². The van der Waals surface area contributed by atoms with Gasteiger partial charge in [0, 0.05) is 12.5 Å². The van der Waals surface area contributed by atoms with E-state index in [9.17, 15) is 0 Å². The van der Waals surface area contributed by atoms with Crippen LogP contribution in [0.1, 0.15) is 24.6 Å². The number of fused-ring (bicyclic) bond motifs is 1. The number of halogens is 2. The molecule has 17 heavy (non-hydrogen) atoms. The van der Waals surface area contributed by atoms with E-state index in [-0.39, 0.29) is 0 Å². The zero-order chi connectivity index (χ0) is 11.8. The Balaban J connectivity index is 2.15. The van der Waals surface area contributed by atoms with Crippen LogP contribution in [0.5, 0.6) is 0 Å². The highest BCUT2D eigenvalue weighted by atomic mass is 79.9. The van der Waals surface area contributed by atoms with Crippen LogP contribution in [-0.4, -0.2) is 22.5 Å². The van der Waals surface area contributed by atoms with Crippen LogP contribution in [0.2, 0.25) is 5.15 Å². The van der Waals surface area contributed by atoms with Crippen molar-refractivity contribution in [2.75, 3.05) is 13.1 Å². The van der Waals surface area contributed by atoms with Gasteiger partial charge < -0.3 is 5.32 Å². The van der Waals surface area contributed by atoms with Crippen LogP contribution >= 0.6 is 27.5 Å². The van der Waals surface area contributed by atoms with Crippen LogP contribution in [0, 0.1) is 0 Å². The first-order chi connectivity index (χ1) is 8.27. The maximum Gasteiger partial charge on any atom is 0.155 e. The third-order valence-electron chi connectivity index (χ3n) is 3.26. The number of rotatable bonds is 1. The number of imidazole rings is 1. The minimum Gasteiger partial charge on any atom is -0.316 e. The lowest BCUT2D eigenvalue weighted by Gasteiger charge is -2.21. The molecule has 2 aromatic heterocycles. The third-order valence-corrected chi connectivity index (χ3v) is 4.15. The standard InChI is InChI=1S/C12H13BrClN3/c13-10-5-1-4-9-11(14)16-12(17(9)10)8-3-2-6-15-7-8/h1,4-5,8,15H,2-3,6-7H2. The Labute approximate surface area is 113 Å². The molecule has 90 valence electrons. The molecule has 1 aliphatic heterocycles. The maximum atomic E-state index is 6.20. The second-order valence-corrected chi connectivity index (χ2v) is 5.54. The van der Waals surface area contributed by atoms with Gasteiger partial charge in [-0.1, -0.05) is 17.7 Å². The molecule has 1 saturated heterocycles. The number of pyridine rings is 1. The summed E-state index contributed by atoms with van der Waals surface area (Å²) in [4.78, 5) is 4.53. The van der Waals surface area contributed by atoms with E-state index in [0.717, 1.165) is 29.0 Å². The molecule has 1 atom stereocenters. The first kappa shape index (κ1) is 11.5. The van der Waals surface area contributed by atoms with Crippen molar-refractivity contribution in [1.29, 1.82) is 0 Å². The van der Waals surface area contributed by atoms with E-state index in [2.05, 4.69) is 30.6 Å². The van der Waals surface area contributed by atoms with Crippen molar-refractivity contribution in [2.24, 2.45) is 0 Å². The molecule has 0 radical (unpaired) electrons. The summed E-state index contributed by atoms with van der Waals surface area (Å²) < 4.78 is 3.12. The van der Waals surface area contributed by atoms with Crippen LogP contribution in [0.25, 0.3) is 5.52 Å². The highest BCUT2D eigenvalue weighted by Gasteiger charge is 2.22. The molecule has 0 saturated carbocycles. The molecule has 2 aromatic rings. The molecule has 1 N–H and O–H groups in total. The number of nitrogens with zero attached hydrogens (tertiary/aromatic N) is 2. The summed E-state index contributed by atoms with van der Waals surface area (Å²) in [6, 6.07) is 6.00. The first-order valence-electron chi connectivity index (χ1n) is 5.80. The zero-order valence-corrected chi connectivity index (χ0v) is 11.6. The van der Waals surface area contributed by atoms with Gasteiger partial charge in [-0.25, -0.2) is 4.98 Å². The minimum absolute atomic E-state index is 0.447. The molecule has 0 spiro atoms. The van der Waals surface area contributed by atoms with Crippen molar-refractivity contribution in [1.82, 2.24) is 14.7 Å². The van der Waals surface area contributed by atoms with Crippen molar-refractivity contribution >= 4 is 33.0 Å². The number of hydrogen-bond donors (Lipinski definition) is 1. The van der Waals surface area contributed by atoms with Gasteiger partial charge in [-0.05, 0) is 47.4 Å². The molecular weight excluding hydrogens is 302 g/mol. The molecule has 1 aliphatic rings. The normalized spacial score (nSPS) is 20.9. The second-order valence-electron chi connectivity index (χ2n) is 4.37. The van der Waals surface area contributed by atoms with E-state index in [1.165, 1.54) is 12.8 Å². The van der Waals surface area contributed by atoms with Crippen LogP contribution in [0.15, 0.2) is 22.8 Å². The summed E-state index contributed by atoms with van der Waals surface area (Å²) in [6.07, 6.45) is 2.37. The van der Waals surface area contributed by atoms with Gasteiger partial charge in [0.15, 0.2) is 5.15 Å². The summed E-state index contributed by atoms with van der Waals surface area (Å²) in [5.41, 5.74) is 0.974. The van der Waals surface area contributed by atoms with E-state index in [0.29, 0.717) is 11.1 Å². The van der Waals surface area contributed by atoms with Crippen molar-refractivity contribution in [3.05, 3.63) is 33.8 Å². The lowest BCUT2D eigenvalue weighted by Crippen LogP contribution is -2.29. The molecule has 1 unspecified atom stereocenters. The monoisotopic (exact) mass is 313 g/mol. The quantitative estimate of drug-likeness (QED) is 0.819. The highest BCUT2D eigenvalue weighted by molar-refractivity contribution is 9.10. The van der Waals surface area contributed by atoms with Gasteiger partial charge in [0.2, 0.25) is 0 Å². The van der Waals surface area contributed by atoms with E-state index in [4.69, 9.17) is 11.6 Å². The van der Waals surface area contributed by atoms with Gasteiger partial charge in [0.1, 0.15) is 5.82 Å². The van der Waals surface area contributed by atoms with Gasteiger partial charge in [-0.2, -0.15) is 0 Å². The Hall–Kier alpha value is -0.580. The molecule has 3 nitrogen and oxygen atoms in total. The lowest BCUT2D eigenvalue weighted by molar-refractivity contribution is 0.445. The van der Waals surface area contributed by atoms with Gasteiger partial charge >= 0.3 is 0 Å².